The molecule has 0 aliphatic carbocycles. The second-order valence-corrected chi connectivity index (χ2v) is 9.11. The lowest BCUT2D eigenvalue weighted by molar-refractivity contribution is -0.117. The highest BCUT2D eigenvalue weighted by atomic mass is 19.1. The van der Waals surface area contributed by atoms with E-state index in [4.69, 9.17) is 5.73 Å². The maximum absolute atomic E-state index is 14.8. The summed E-state index contributed by atoms with van der Waals surface area (Å²) < 4.78 is 31.2. The molecule has 0 radical (unpaired) electrons. The highest BCUT2D eigenvalue weighted by Crippen LogP contribution is 2.30. The molecule has 194 valence electrons. The van der Waals surface area contributed by atoms with Gasteiger partial charge in [0.25, 0.3) is 0 Å². The van der Waals surface area contributed by atoms with Gasteiger partial charge in [-0.25, -0.2) is 18.4 Å². The first kappa shape index (κ1) is 25.2. The van der Waals surface area contributed by atoms with Gasteiger partial charge in [0, 0.05) is 22.7 Å². The van der Waals surface area contributed by atoms with E-state index in [1.54, 1.807) is 24.4 Å². The van der Waals surface area contributed by atoms with Gasteiger partial charge < -0.3 is 16.2 Å². The summed E-state index contributed by atoms with van der Waals surface area (Å²) in [5.41, 5.74) is 6.29. The van der Waals surface area contributed by atoms with E-state index in [2.05, 4.69) is 20.5 Å². The quantitative estimate of drug-likeness (QED) is 0.276. The molecule has 2 atom stereocenters. The number of nitrogens with zero attached hydrogens (tertiary/aromatic N) is 5. The summed E-state index contributed by atoms with van der Waals surface area (Å²) in [6, 6.07) is 17.0. The van der Waals surface area contributed by atoms with Crippen LogP contribution < -0.4 is 11.1 Å². The molecule has 0 spiro atoms. The van der Waals surface area contributed by atoms with Crippen LogP contribution in [0.4, 0.5) is 14.5 Å². The predicted octanol–water partition coefficient (Wildman–Crippen LogP) is 3.00. The maximum Gasteiger partial charge on any atom is 0.241 e. The van der Waals surface area contributed by atoms with Gasteiger partial charge >= 0.3 is 0 Å². The van der Waals surface area contributed by atoms with E-state index >= 15 is 0 Å². The Kier molecular flexibility index (Phi) is 6.95. The van der Waals surface area contributed by atoms with Gasteiger partial charge in [-0.2, -0.15) is 10.2 Å². The number of nitrogens with two attached hydrogens (primary N) is 1. The van der Waals surface area contributed by atoms with Gasteiger partial charge in [-0.1, -0.05) is 36.4 Å². The normalized spacial score (nSPS) is 13.8. The van der Waals surface area contributed by atoms with Crippen LogP contribution in [-0.4, -0.2) is 41.6 Å². The Balaban J connectivity index is 1.37. The Morgan fingerprint density at radius 1 is 1.05 bits per heavy atom. The summed E-state index contributed by atoms with van der Waals surface area (Å²) in [7, 11) is 0. The number of hydrogen-bond donors (Lipinski definition) is 3. The van der Waals surface area contributed by atoms with Crippen LogP contribution in [0.1, 0.15) is 11.1 Å². The Bertz CT molecular complexity index is 1560. The molecule has 38 heavy (non-hydrogen) atoms. The van der Waals surface area contributed by atoms with Crippen LogP contribution in [-0.2, 0) is 29.9 Å². The van der Waals surface area contributed by atoms with Crippen LogP contribution in [0, 0.1) is 11.6 Å². The number of benzene rings is 3. The zero-order chi connectivity index (χ0) is 26.7. The lowest BCUT2D eigenvalue weighted by Gasteiger charge is -2.29. The van der Waals surface area contributed by atoms with Crippen LogP contribution in [0.25, 0.3) is 10.9 Å². The molecule has 2 heterocycles. The molecule has 0 saturated heterocycles. The van der Waals surface area contributed by atoms with E-state index < -0.39 is 23.3 Å². The Labute approximate surface area is 216 Å². The highest BCUT2D eigenvalue weighted by molar-refractivity contribution is 5.96. The number of anilines is 1. The van der Waals surface area contributed by atoms with E-state index in [1.165, 1.54) is 28.1 Å². The summed E-state index contributed by atoms with van der Waals surface area (Å²) in [6.45, 7) is -0.309. The van der Waals surface area contributed by atoms with Gasteiger partial charge in [-0.15, -0.1) is 0 Å². The van der Waals surface area contributed by atoms with Crippen molar-refractivity contribution in [2.24, 2.45) is 5.73 Å². The van der Waals surface area contributed by atoms with Crippen molar-refractivity contribution in [3.8, 4) is 0 Å². The lowest BCUT2D eigenvalue weighted by Crippen LogP contribution is -2.38. The average molecular weight is 518 g/mol. The van der Waals surface area contributed by atoms with Crippen molar-refractivity contribution in [1.29, 1.82) is 0 Å². The first-order valence-corrected chi connectivity index (χ1v) is 11.9. The molecule has 0 fully saturated rings. The lowest BCUT2D eigenvalue weighted by atomic mass is 9.92. The minimum absolute atomic E-state index is 0.102. The molecule has 0 aliphatic heterocycles. The van der Waals surface area contributed by atoms with Crippen LogP contribution in [0.2, 0.25) is 0 Å². The maximum atomic E-state index is 14.8. The third-order valence-electron chi connectivity index (χ3n) is 6.28. The Hall–Kier alpha value is -4.48. The van der Waals surface area contributed by atoms with Crippen LogP contribution >= 0.6 is 0 Å². The summed E-state index contributed by atoms with van der Waals surface area (Å²) in [6.07, 6.45) is 4.67. The molecular formula is C27H25F2N7O2. The van der Waals surface area contributed by atoms with E-state index in [9.17, 15) is 18.7 Å². The number of nitrogens with one attached hydrogen (secondary N) is 1. The zero-order valence-corrected chi connectivity index (χ0v) is 20.2. The molecule has 5 aromatic rings. The number of amides is 1. The standard InChI is InChI=1S/C27H25F2N7O2/c28-20-6-8-22(23(29)12-20)27(38,14-35-17-31-16-33-35)15-36-25-9-7-21(11-19(25)13-32-36)34-26(37)24(30)10-18-4-2-1-3-5-18/h1-9,11-13,16-17,24,38H,10,14-15,30H2,(H,34,37). The third kappa shape index (κ3) is 5.43. The first-order chi connectivity index (χ1) is 18.3. The molecular weight excluding hydrogens is 492 g/mol. The molecule has 0 aliphatic rings. The molecule has 4 N–H and O–H groups in total. The second-order valence-electron chi connectivity index (χ2n) is 9.11. The number of carbonyl (C=O) groups excluding carboxylic acids is 1. The molecule has 2 unspecified atom stereocenters. The smallest absolute Gasteiger partial charge is 0.241 e. The van der Waals surface area contributed by atoms with Gasteiger partial charge in [0.2, 0.25) is 5.91 Å². The number of aromatic nitrogens is 5. The minimum atomic E-state index is -1.83. The van der Waals surface area contributed by atoms with Gasteiger partial charge in [-0.3, -0.25) is 9.48 Å². The van der Waals surface area contributed by atoms with Crippen LogP contribution in [0.15, 0.2) is 85.6 Å². The number of halogens is 2. The predicted molar refractivity (Wildman–Crippen MR) is 137 cm³/mol. The molecule has 0 bridgehead atoms. The fraction of sp³-hybridized carbons (Fsp3) is 0.185. The molecule has 9 nitrogen and oxygen atoms in total. The highest BCUT2D eigenvalue weighted by Gasteiger charge is 2.35. The number of hydrogen-bond acceptors (Lipinski definition) is 6. The van der Waals surface area contributed by atoms with Gasteiger partial charge in [-0.05, 0) is 36.2 Å². The largest absolute Gasteiger partial charge is 0.381 e. The van der Waals surface area contributed by atoms with Gasteiger partial charge in [0.1, 0.15) is 29.9 Å². The van der Waals surface area contributed by atoms with Gasteiger partial charge in [0.15, 0.2) is 0 Å². The van der Waals surface area contributed by atoms with Crippen molar-refractivity contribution < 1.29 is 18.7 Å². The SMILES string of the molecule is NC(Cc1ccccc1)C(=O)Nc1ccc2c(cnn2CC(O)(Cn2cncn2)c2ccc(F)cc2F)c1. The molecule has 1 amide bonds. The fourth-order valence-corrected chi connectivity index (χ4v) is 4.40. The Morgan fingerprint density at radius 2 is 1.87 bits per heavy atom. The van der Waals surface area contributed by atoms with Crippen molar-refractivity contribution in [3.05, 3.63) is 108 Å². The summed E-state index contributed by atoms with van der Waals surface area (Å²) in [5.74, 6) is -1.97. The van der Waals surface area contributed by atoms with Crippen molar-refractivity contribution in [1.82, 2.24) is 24.5 Å². The van der Waals surface area contributed by atoms with E-state index in [0.29, 0.717) is 23.0 Å². The van der Waals surface area contributed by atoms with Gasteiger partial charge in [0.05, 0.1) is 30.8 Å². The third-order valence-corrected chi connectivity index (χ3v) is 6.28. The summed E-state index contributed by atoms with van der Waals surface area (Å²) in [5, 5.41) is 23.5. The van der Waals surface area contributed by atoms with E-state index in [1.807, 2.05) is 30.3 Å². The first-order valence-electron chi connectivity index (χ1n) is 11.9. The number of rotatable bonds is 9. The van der Waals surface area contributed by atoms with Crippen molar-refractivity contribution in [3.63, 3.8) is 0 Å². The summed E-state index contributed by atoms with van der Waals surface area (Å²) >= 11 is 0. The fourth-order valence-electron chi connectivity index (χ4n) is 4.40. The number of carbonyl (C=O) groups is 1. The zero-order valence-electron chi connectivity index (χ0n) is 20.2. The van der Waals surface area contributed by atoms with Crippen molar-refractivity contribution in [2.75, 3.05) is 5.32 Å². The topological polar surface area (TPSA) is 124 Å². The molecule has 5 rings (SSSR count). The minimum Gasteiger partial charge on any atom is -0.381 e. The Morgan fingerprint density at radius 3 is 2.61 bits per heavy atom. The molecule has 0 saturated carbocycles. The van der Waals surface area contributed by atoms with E-state index in [0.717, 1.165) is 17.7 Å². The van der Waals surface area contributed by atoms with E-state index in [-0.39, 0.29) is 24.6 Å². The monoisotopic (exact) mass is 517 g/mol. The number of aliphatic hydroxyl groups is 1. The summed E-state index contributed by atoms with van der Waals surface area (Å²) in [4.78, 5) is 16.5. The van der Waals surface area contributed by atoms with Crippen molar-refractivity contribution >= 4 is 22.5 Å². The molecule has 3 aromatic carbocycles. The molecule has 2 aromatic heterocycles. The number of fused-ring (bicyclic) bond motifs is 1. The molecule has 11 heteroatoms. The average Bonchev–Trinajstić information content (AvgIpc) is 3.54. The second kappa shape index (κ2) is 10.5. The van der Waals surface area contributed by atoms with Crippen LogP contribution in [0.5, 0.6) is 0 Å². The van der Waals surface area contributed by atoms with Crippen LogP contribution in [0.3, 0.4) is 0 Å². The van der Waals surface area contributed by atoms with Crippen molar-refractivity contribution in [2.45, 2.75) is 31.2 Å².